The predicted molar refractivity (Wildman–Crippen MR) is 316 cm³/mol. The Hall–Kier alpha value is -2.81. The normalized spacial score (nSPS) is 13.6. The van der Waals surface area contributed by atoms with Crippen molar-refractivity contribution < 1.29 is 37.6 Å². The van der Waals surface area contributed by atoms with Crippen molar-refractivity contribution in [3.8, 4) is 0 Å². The van der Waals surface area contributed by atoms with Crippen molar-refractivity contribution in [3.05, 3.63) is 85.1 Å². The Bertz CT molecular complexity index is 1480. The standard InChI is InChI=1S/C64H114NO8P/c1-3-5-7-9-11-13-15-17-19-21-23-25-27-29-30-31-32-33-35-37-39-41-43-45-47-49-51-53-55-57-64(67)73-62(61-72-74(68,69)71-59-58-65)60-70-63(66)56-54-52-50-48-46-44-42-40-38-36-34-28-26-24-22-20-18-16-14-12-10-8-6-4-2/h5,7,11,13,17,19,23,25,29-30,32-33,37,39,62H,3-4,6,8-10,12,14-16,18,20-22,24,26-28,31,34-36,38,40-61,65H2,1-2H3,(H,68,69)/b7-5-,13-11-,19-17-,25-23-,30-29-,33-32-,39-37-. The highest BCUT2D eigenvalue weighted by Crippen LogP contribution is 2.43. The first-order valence-corrected chi connectivity index (χ1v) is 32.1. The Morgan fingerprint density at radius 1 is 0.419 bits per heavy atom. The number of unbranched alkanes of at least 4 members (excludes halogenated alkanes) is 30. The fourth-order valence-electron chi connectivity index (χ4n) is 8.56. The lowest BCUT2D eigenvalue weighted by molar-refractivity contribution is -0.161. The Balaban J connectivity index is 3.99. The van der Waals surface area contributed by atoms with Gasteiger partial charge in [-0.3, -0.25) is 18.6 Å². The lowest BCUT2D eigenvalue weighted by Crippen LogP contribution is -2.29. The van der Waals surface area contributed by atoms with E-state index >= 15 is 0 Å². The summed E-state index contributed by atoms with van der Waals surface area (Å²) in [7, 11) is -4.40. The van der Waals surface area contributed by atoms with Crippen molar-refractivity contribution in [1.29, 1.82) is 0 Å². The van der Waals surface area contributed by atoms with Crippen molar-refractivity contribution >= 4 is 19.8 Å². The molecule has 0 spiro atoms. The molecule has 0 bridgehead atoms. The molecule has 0 saturated heterocycles. The van der Waals surface area contributed by atoms with Crippen molar-refractivity contribution in [2.45, 2.75) is 283 Å². The molecule has 0 aliphatic rings. The number of ether oxygens (including phenoxy) is 2. The van der Waals surface area contributed by atoms with Gasteiger partial charge in [-0.1, -0.05) is 279 Å². The molecule has 2 atom stereocenters. The van der Waals surface area contributed by atoms with Crippen LogP contribution in [0.3, 0.4) is 0 Å². The molecule has 10 heteroatoms. The van der Waals surface area contributed by atoms with Gasteiger partial charge in [-0.2, -0.15) is 0 Å². The van der Waals surface area contributed by atoms with E-state index in [0.717, 1.165) is 89.9 Å². The number of phosphoric acid groups is 1. The molecule has 2 unspecified atom stereocenters. The zero-order valence-electron chi connectivity index (χ0n) is 47.8. The largest absolute Gasteiger partial charge is 0.472 e. The van der Waals surface area contributed by atoms with Gasteiger partial charge in [-0.15, -0.1) is 0 Å². The Morgan fingerprint density at radius 2 is 0.743 bits per heavy atom. The maximum Gasteiger partial charge on any atom is 0.472 e. The van der Waals surface area contributed by atoms with Crippen LogP contribution in [0.15, 0.2) is 85.1 Å². The monoisotopic (exact) mass is 1060 g/mol. The second-order valence-electron chi connectivity index (χ2n) is 20.2. The van der Waals surface area contributed by atoms with Crippen LogP contribution < -0.4 is 5.73 Å². The van der Waals surface area contributed by atoms with Crippen LogP contribution in [0.1, 0.15) is 277 Å². The Labute approximate surface area is 455 Å². The van der Waals surface area contributed by atoms with Gasteiger partial charge in [0.2, 0.25) is 0 Å². The molecule has 0 radical (unpaired) electrons. The highest BCUT2D eigenvalue weighted by Gasteiger charge is 2.26. The average Bonchev–Trinajstić information content (AvgIpc) is 3.39. The molecule has 0 aromatic heterocycles. The average molecular weight is 1060 g/mol. The number of hydrogen-bond donors (Lipinski definition) is 2. The predicted octanol–water partition coefficient (Wildman–Crippen LogP) is 19.5. The second-order valence-corrected chi connectivity index (χ2v) is 21.7. The zero-order chi connectivity index (χ0) is 53.8. The molecule has 0 aliphatic carbocycles. The third-order valence-electron chi connectivity index (χ3n) is 13.0. The molecule has 3 N–H and O–H groups in total. The van der Waals surface area contributed by atoms with Crippen LogP contribution in [-0.2, 0) is 32.7 Å². The number of hydrogen-bond acceptors (Lipinski definition) is 8. The van der Waals surface area contributed by atoms with Crippen LogP contribution in [0.4, 0.5) is 0 Å². The third-order valence-corrected chi connectivity index (χ3v) is 14.0. The molecule has 74 heavy (non-hydrogen) atoms. The quantitative estimate of drug-likeness (QED) is 0.0264. The molecule has 0 fully saturated rings. The number of allylic oxidation sites excluding steroid dienone is 14. The van der Waals surface area contributed by atoms with Crippen LogP contribution in [0.25, 0.3) is 0 Å². The van der Waals surface area contributed by atoms with Crippen LogP contribution in [0, 0.1) is 0 Å². The number of carbonyl (C=O) groups is 2. The number of phosphoric ester groups is 1. The summed E-state index contributed by atoms with van der Waals surface area (Å²) in [5, 5.41) is 0. The zero-order valence-corrected chi connectivity index (χ0v) is 48.7. The van der Waals surface area contributed by atoms with Gasteiger partial charge >= 0.3 is 19.8 Å². The van der Waals surface area contributed by atoms with Crippen LogP contribution in [0.2, 0.25) is 0 Å². The van der Waals surface area contributed by atoms with E-state index in [0.29, 0.717) is 6.42 Å². The molecule has 0 aromatic rings. The third kappa shape index (κ3) is 58.5. The van der Waals surface area contributed by atoms with E-state index in [-0.39, 0.29) is 38.6 Å². The molecule has 0 aliphatic heterocycles. The van der Waals surface area contributed by atoms with E-state index in [9.17, 15) is 19.0 Å². The smallest absolute Gasteiger partial charge is 0.462 e. The molecular weight excluding hydrogens is 942 g/mol. The molecule has 0 amide bonds. The molecule has 0 rings (SSSR count). The molecular formula is C64H114NO8P. The highest BCUT2D eigenvalue weighted by atomic mass is 31.2. The van der Waals surface area contributed by atoms with Gasteiger partial charge in [-0.05, 0) is 70.6 Å². The molecule has 0 aromatic carbocycles. The Morgan fingerprint density at radius 3 is 1.11 bits per heavy atom. The van der Waals surface area contributed by atoms with Gasteiger partial charge < -0.3 is 20.1 Å². The maximum atomic E-state index is 12.7. The minimum Gasteiger partial charge on any atom is -0.462 e. The van der Waals surface area contributed by atoms with Crippen LogP contribution >= 0.6 is 7.82 Å². The minimum absolute atomic E-state index is 0.0488. The first-order chi connectivity index (χ1) is 36.3. The summed E-state index contributed by atoms with van der Waals surface area (Å²) in [6, 6.07) is 0. The van der Waals surface area contributed by atoms with Gasteiger partial charge in [0, 0.05) is 19.4 Å². The Kier molecular flexibility index (Phi) is 57.2. The van der Waals surface area contributed by atoms with E-state index < -0.39 is 26.5 Å². The first-order valence-electron chi connectivity index (χ1n) is 30.6. The second kappa shape index (κ2) is 59.4. The van der Waals surface area contributed by atoms with Gasteiger partial charge in [-0.25, -0.2) is 4.57 Å². The summed E-state index contributed by atoms with van der Waals surface area (Å²) in [4.78, 5) is 35.2. The molecule has 428 valence electrons. The summed E-state index contributed by atoms with van der Waals surface area (Å²) in [6.07, 6.45) is 77.8. The van der Waals surface area contributed by atoms with E-state index in [4.69, 9.17) is 24.3 Å². The van der Waals surface area contributed by atoms with E-state index in [1.807, 2.05) is 0 Å². The summed E-state index contributed by atoms with van der Waals surface area (Å²) < 4.78 is 33.1. The van der Waals surface area contributed by atoms with Crippen molar-refractivity contribution in [1.82, 2.24) is 0 Å². The van der Waals surface area contributed by atoms with Gasteiger partial charge in [0.25, 0.3) is 0 Å². The fraction of sp³-hybridized carbons (Fsp3) is 0.750. The summed E-state index contributed by atoms with van der Waals surface area (Å²) in [5.41, 5.74) is 5.39. The number of esters is 2. The summed E-state index contributed by atoms with van der Waals surface area (Å²) in [5.74, 6) is -0.834. The fourth-order valence-corrected chi connectivity index (χ4v) is 9.32. The maximum absolute atomic E-state index is 12.7. The van der Waals surface area contributed by atoms with Crippen LogP contribution in [-0.4, -0.2) is 49.3 Å². The lowest BCUT2D eigenvalue weighted by Gasteiger charge is -2.19. The van der Waals surface area contributed by atoms with Crippen LogP contribution in [0.5, 0.6) is 0 Å². The molecule has 0 saturated carbocycles. The summed E-state index contributed by atoms with van der Waals surface area (Å²) in [6.45, 7) is 3.65. The number of carbonyl (C=O) groups excluding carboxylic acids is 2. The van der Waals surface area contributed by atoms with E-state index in [1.54, 1.807) is 0 Å². The number of nitrogens with two attached hydrogens (primary N) is 1. The SMILES string of the molecule is CC/C=C\C/C=C\C/C=C\C/C=C\C/C=C\C/C=C\C/C=C\CCCCCCCCCC(=O)OC(COC(=O)CCCCCCCCCCCCCCCCCCCCCCCCCC)COP(=O)(O)OCCN. The number of rotatable bonds is 57. The van der Waals surface area contributed by atoms with Crippen molar-refractivity contribution in [2.75, 3.05) is 26.4 Å². The summed E-state index contributed by atoms with van der Waals surface area (Å²) >= 11 is 0. The molecule has 9 nitrogen and oxygen atoms in total. The molecule has 0 heterocycles. The lowest BCUT2D eigenvalue weighted by atomic mass is 10.0. The van der Waals surface area contributed by atoms with Crippen molar-refractivity contribution in [2.24, 2.45) is 5.73 Å². The van der Waals surface area contributed by atoms with E-state index in [2.05, 4.69) is 98.9 Å². The highest BCUT2D eigenvalue weighted by molar-refractivity contribution is 7.47. The first kappa shape index (κ1) is 71.2. The van der Waals surface area contributed by atoms with Crippen molar-refractivity contribution in [3.63, 3.8) is 0 Å². The minimum atomic E-state index is -4.40. The topological polar surface area (TPSA) is 134 Å². The van der Waals surface area contributed by atoms with Gasteiger partial charge in [0.05, 0.1) is 13.2 Å². The van der Waals surface area contributed by atoms with E-state index in [1.165, 1.54) is 154 Å². The van der Waals surface area contributed by atoms with Gasteiger partial charge in [0.1, 0.15) is 6.61 Å². The van der Waals surface area contributed by atoms with Gasteiger partial charge in [0.15, 0.2) is 6.10 Å².